The van der Waals surface area contributed by atoms with Crippen molar-refractivity contribution >= 4 is 33.7 Å². The number of pyridine rings is 1. The summed E-state index contributed by atoms with van der Waals surface area (Å²) in [5.74, 6) is 0.793. The monoisotopic (exact) mass is 438 g/mol. The Morgan fingerprint density at radius 2 is 1.93 bits per heavy atom. The highest BCUT2D eigenvalue weighted by Crippen LogP contribution is 2.31. The average molecular weight is 439 g/mol. The van der Waals surface area contributed by atoms with E-state index in [1.807, 2.05) is 35.9 Å². The number of nitrogens with one attached hydrogen (secondary N) is 1. The zero-order chi connectivity index (χ0) is 20.8. The maximum absolute atomic E-state index is 12.7. The lowest BCUT2D eigenvalue weighted by Crippen LogP contribution is -2.12. The first-order chi connectivity index (χ1) is 14.7. The zero-order valence-corrected chi connectivity index (χ0v) is 17.7. The van der Waals surface area contributed by atoms with Gasteiger partial charge in [-0.1, -0.05) is 11.3 Å². The predicted octanol–water partition coefficient (Wildman–Crippen LogP) is 4.89. The van der Waals surface area contributed by atoms with Crippen LogP contribution in [0.15, 0.2) is 59.6 Å². The van der Waals surface area contributed by atoms with Crippen LogP contribution in [0.2, 0.25) is 0 Å². The number of ether oxygens (including phenoxy) is 2. The third-order valence-corrected chi connectivity index (χ3v) is 5.63. The summed E-state index contributed by atoms with van der Waals surface area (Å²) in [6, 6.07) is 10.8. The standard InChI is InChI=1S/C21H18N4O3S2/c1-2-27-18-11-15(3-4-17(18)28-12-14-5-8-22-9-6-14)19(26)23-21-25-24-20(30-21)16-7-10-29-13-16/h3-11,13H,2,12H2,1H3,(H,23,25,26). The Labute approximate surface area is 181 Å². The SMILES string of the molecule is CCOc1cc(C(=O)Nc2nnc(-c3ccsc3)s2)ccc1OCc1ccncc1. The number of thiophene rings is 1. The molecule has 3 heterocycles. The van der Waals surface area contributed by atoms with Crippen LogP contribution < -0.4 is 14.8 Å². The maximum atomic E-state index is 12.7. The van der Waals surface area contributed by atoms with E-state index in [2.05, 4.69) is 20.5 Å². The van der Waals surface area contributed by atoms with E-state index in [-0.39, 0.29) is 5.91 Å². The fraction of sp³-hybridized carbons (Fsp3) is 0.143. The predicted molar refractivity (Wildman–Crippen MR) is 117 cm³/mol. The van der Waals surface area contributed by atoms with Crippen molar-refractivity contribution in [2.24, 2.45) is 0 Å². The fourth-order valence-electron chi connectivity index (χ4n) is 2.62. The van der Waals surface area contributed by atoms with E-state index in [1.54, 1.807) is 41.9 Å². The molecule has 30 heavy (non-hydrogen) atoms. The summed E-state index contributed by atoms with van der Waals surface area (Å²) in [6.07, 6.45) is 3.43. The van der Waals surface area contributed by atoms with Gasteiger partial charge in [0.05, 0.1) is 6.61 Å². The molecule has 0 aliphatic heterocycles. The minimum Gasteiger partial charge on any atom is -0.490 e. The Kier molecular flexibility index (Phi) is 6.31. The molecule has 0 fully saturated rings. The number of hydrogen-bond donors (Lipinski definition) is 1. The van der Waals surface area contributed by atoms with E-state index >= 15 is 0 Å². The molecule has 1 N–H and O–H groups in total. The average Bonchev–Trinajstić information content (AvgIpc) is 3.46. The lowest BCUT2D eigenvalue weighted by Gasteiger charge is -2.13. The molecular weight excluding hydrogens is 420 g/mol. The first-order valence-electron chi connectivity index (χ1n) is 9.19. The second-order valence-electron chi connectivity index (χ2n) is 6.12. The molecule has 4 aromatic rings. The molecule has 0 saturated heterocycles. The van der Waals surface area contributed by atoms with E-state index in [9.17, 15) is 4.79 Å². The molecule has 7 nitrogen and oxygen atoms in total. The van der Waals surface area contributed by atoms with Gasteiger partial charge in [-0.05, 0) is 54.3 Å². The van der Waals surface area contributed by atoms with E-state index < -0.39 is 0 Å². The lowest BCUT2D eigenvalue weighted by molar-refractivity contribution is 0.102. The summed E-state index contributed by atoms with van der Waals surface area (Å²) in [5.41, 5.74) is 2.43. The second-order valence-corrected chi connectivity index (χ2v) is 7.87. The van der Waals surface area contributed by atoms with Crippen LogP contribution in [-0.4, -0.2) is 27.7 Å². The van der Waals surface area contributed by atoms with E-state index in [4.69, 9.17) is 9.47 Å². The molecule has 1 aromatic carbocycles. The third kappa shape index (κ3) is 4.81. The number of rotatable bonds is 8. The number of carbonyl (C=O) groups excluding carboxylic acids is 1. The van der Waals surface area contributed by atoms with Crippen LogP contribution in [-0.2, 0) is 6.61 Å². The summed E-state index contributed by atoms with van der Waals surface area (Å²) < 4.78 is 11.5. The van der Waals surface area contributed by atoms with Gasteiger partial charge in [-0.3, -0.25) is 15.1 Å². The van der Waals surface area contributed by atoms with Crippen LogP contribution in [0.5, 0.6) is 11.5 Å². The minimum atomic E-state index is -0.287. The van der Waals surface area contributed by atoms with Crippen LogP contribution in [0.3, 0.4) is 0 Å². The number of carbonyl (C=O) groups is 1. The molecule has 4 rings (SSSR count). The van der Waals surface area contributed by atoms with Gasteiger partial charge in [0.15, 0.2) is 11.5 Å². The van der Waals surface area contributed by atoms with E-state index in [1.165, 1.54) is 11.3 Å². The van der Waals surface area contributed by atoms with Gasteiger partial charge in [0.1, 0.15) is 11.6 Å². The largest absolute Gasteiger partial charge is 0.490 e. The van der Waals surface area contributed by atoms with Crippen molar-refractivity contribution in [3.8, 4) is 22.1 Å². The Hall–Kier alpha value is -3.30. The van der Waals surface area contributed by atoms with Crippen LogP contribution in [0, 0.1) is 0 Å². The number of amides is 1. The van der Waals surface area contributed by atoms with E-state index in [0.29, 0.717) is 35.4 Å². The summed E-state index contributed by atoms with van der Waals surface area (Å²) in [4.78, 5) is 16.7. The van der Waals surface area contributed by atoms with Gasteiger partial charge < -0.3 is 9.47 Å². The molecule has 0 bridgehead atoms. The fourth-order valence-corrected chi connectivity index (χ4v) is 4.07. The quantitative estimate of drug-likeness (QED) is 0.421. The smallest absolute Gasteiger partial charge is 0.257 e. The molecule has 9 heteroatoms. The number of aromatic nitrogens is 3. The van der Waals surface area contributed by atoms with Crippen molar-refractivity contribution in [2.75, 3.05) is 11.9 Å². The molecule has 3 aromatic heterocycles. The second kappa shape index (κ2) is 9.47. The summed E-state index contributed by atoms with van der Waals surface area (Å²) in [7, 11) is 0. The minimum absolute atomic E-state index is 0.287. The van der Waals surface area contributed by atoms with Crippen molar-refractivity contribution in [3.05, 3.63) is 70.7 Å². The Morgan fingerprint density at radius 1 is 1.07 bits per heavy atom. The summed E-state index contributed by atoms with van der Waals surface area (Å²) in [5, 5.41) is 16.2. The topological polar surface area (TPSA) is 86.2 Å². The zero-order valence-electron chi connectivity index (χ0n) is 16.1. The molecule has 0 unspecified atom stereocenters. The maximum Gasteiger partial charge on any atom is 0.257 e. The van der Waals surface area contributed by atoms with Crippen molar-refractivity contribution < 1.29 is 14.3 Å². The molecule has 152 valence electrons. The van der Waals surface area contributed by atoms with Gasteiger partial charge in [-0.25, -0.2) is 0 Å². The van der Waals surface area contributed by atoms with Crippen molar-refractivity contribution in [1.29, 1.82) is 0 Å². The highest BCUT2D eigenvalue weighted by molar-refractivity contribution is 7.19. The van der Waals surface area contributed by atoms with Crippen molar-refractivity contribution in [3.63, 3.8) is 0 Å². The number of anilines is 1. The number of benzene rings is 1. The Morgan fingerprint density at radius 3 is 2.70 bits per heavy atom. The Balaban J connectivity index is 1.46. The normalized spacial score (nSPS) is 10.6. The summed E-state index contributed by atoms with van der Waals surface area (Å²) >= 11 is 2.92. The van der Waals surface area contributed by atoms with Gasteiger partial charge in [0.25, 0.3) is 5.91 Å². The van der Waals surface area contributed by atoms with Crippen molar-refractivity contribution in [1.82, 2.24) is 15.2 Å². The molecule has 0 saturated carbocycles. The lowest BCUT2D eigenvalue weighted by atomic mass is 10.2. The first kappa shape index (κ1) is 20.0. The number of hydrogen-bond acceptors (Lipinski definition) is 8. The molecule has 0 aliphatic rings. The first-order valence-corrected chi connectivity index (χ1v) is 10.9. The number of nitrogens with zero attached hydrogens (tertiary/aromatic N) is 3. The van der Waals surface area contributed by atoms with Crippen LogP contribution in [0.1, 0.15) is 22.8 Å². The van der Waals surface area contributed by atoms with Gasteiger partial charge in [-0.15, -0.1) is 10.2 Å². The molecule has 0 aliphatic carbocycles. The summed E-state index contributed by atoms with van der Waals surface area (Å²) in [6.45, 7) is 2.72. The van der Waals surface area contributed by atoms with Gasteiger partial charge >= 0.3 is 0 Å². The molecule has 1 amide bonds. The molecule has 0 spiro atoms. The van der Waals surface area contributed by atoms with E-state index in [0.717, 1.165) is 16.1 Å². The van der Waals surface area contributed by atoms with Gasteiger partial charge in [0, 0.05) is 28.9 Å². The molecule has 0 radical (unpaired) electrons. The highest BCUT2D eigenvalue weighted by Gasteiger charge is 2.15. The van der Waals surface area contributed by atoms with Crippen LogP contribution in [0.25, 0.3) is 10.6 Å². The van der Waals surface area contributed by atoms with Gasteiger partial charge in [-0.2, -0.15) is 11.3 Å². The van der Waals surface area contributed by atoms with Crippen LogP contribution in [0.4, 0.5) is 5.13 Å². The third-order valence-electron chi connectivity index (χ3n) is 4.06. The van der Waals surface area contributed by atoms with Crippen LogP contribution >= 0.6 is 22.7 Å². The van der Waals surface area contributed by atoms with Gasteiger partial charge in [0.2, 0.25) is 5.13 Å². The molecular formula is C21H18N4O3S2. The highest BCUT2D eigenvalue weighted by atomic mass is 32.1. The molecule has 0 atom stereocenters. The Bertz CT molecular complexity index is 1110. The van der Waals surface area contributed by atoms with Crippen molar-refractivity contribution in [2.45, 2.75) is 13.5 Å².